The molecule has 2 N–H and O–H groups in total. The highest BCUT2D eigenvalue weighted by Crippen LogP contribution is 2.14. The Labute approximate surface area is 140 Å². The third-order valence-electron chi connectivity index (χ3n) is 3.48. The van der Waals surface area contributed by atoms with Crippen molar-refractivity contribution in [1.82, 2.24) is 30.8 Å². The maximum Gasteiger partial charge on any atom is 0.244 e. The van der Waals surface area contributed by atoms with E-state index in [1.54, 1.807) is 6.92 Å². The van der Waals surface area contributed by atoms with Crippen LogP contribution in [-0.2, 0) is 22.6 Å². The molecular formula is C16H22N6O2. The smallest absolute Gasteiger partial charge is 0.244 e. The quantitative estimate of drug-likeness (QED) is 0.771. The molecule has 0 fully saturated rings. The van der Waals surface area contributed by atoms with Gasteiger partial charge in [0.25, 0.3) is 0 Å². The van der Waals surface area contributed by atoms with Crippen LogP contribution in [0.4, 0.5) is 0 Å². The maximum absolute atomic E-state index is 11.9. The van der Waals surface area contributed by atoms with Gasteiger partial charge in [-0.25, -0.2) is 0 Å². The molecule has 8 heteroatoms. The predicted molar refractivity (Wildman–Crippen MR) is 88.9 cm³/mol. The van der Waals surface area contributed by atoms with Crippen molar-refractivity contribution in [2.45, 2.75) is 39.8 Å². The number of aromatic nitrogens is 4. The van der Waals surface area contributed by atoms with Gasteiger partial charge in [-0.15, -0.1) is 10.2 Å². The van der Waals surface area contributed by atoms with Gasteiger partial charge in [-0.2, -0.15) is 4.80 Å². The number of hydrogen-bond acceptors (Lipinski definition) is 5. The van der Waals surface area contributed by atoms with E-state index in [0.29, 0.717) is 12.4 Å². The lowest BCUT2D eigenvalue weighted by molar-refractivity contribution is -0.129. The van der Waals surface area contributed by atoms with Crippen molar-refractivity contribution in [3.05, 3.63) is 29.8 Å². The third-order valence-corrected chi connectivity index (χ3v) is 3.48. The molecule has 1 aromatic heterocycles. The van der Waals surface area contributed by atoms with Crippen LogP contribution in [0.2, 0.25) is 0 Å². The highest BCUT2D eigenvalue weighted by molar-refractivity contribution is 5.87. The zero-order valence-corrected chi connectivity index (χ0v) is 14.1. The van der Waals surface area contributed by atoms with E-state index in [0.717, 1.165) is 12.0 Å². The van der Waals surface area contributed by atoms with E-state index in [4.69, 9.17) is 0 Å². The van der Waals surface area contributed by atoms with E-state index in [-0.39, 0.29) is 18.4 Å². The van der Waals surface area contributed by atoms with Crippen LogP contribution in [0, 0.1) is 0 Å². The first-order valence-corrected chi connectivity index (χ1v) is 7.97. The number of nitrogens with zero attached hydrogens (tertiary/aromatic N) is 4. The summed E-state index contributed by atoms with van der Waals surface area (Å²) >= 11 is 0. The molecule has 0 unspecified atom stereocenters. The SMILES string of the molecule is CCNC(=O)[C@H](C)NC(=O)Cn1nnc(-c2ccc(CC)cc2)n1. The lowest BCUT2D eigenvalue weighted by Crippen LogP contribution is -2.45. The summed E-state index contributed by atoms with van der Waals surface area (Å²) in [5.41, 5.74) is 2.07. The number of benzene rings is 1. The van der Waals surface area contributed by atoms with Crippen molar-refractivity contribution >= 4 is 11.8 Å². The largest absolute Gasteiger partial charge is 0.355 e. The molecule has 24 heavy (non-hydrogen) atoms. The van der Waals surface area contributed by atoms with E-state index >= 15 is 0 Å². The van der Waals surface area contributed by atoms with E-state index in [9.17, 15) is 9.59 Å². The monoisotopic (exact) mass is 330 g/mol. The van der Waals surface area contributed by atoms with Crippen LogP contribution in [0.3, 0.4) is 0 Å². The van der Waals surface area contributed by atoms with Gasteiger partial charge in [0, 0.05) is 12.1 Å². The lowest BCUT2D eigenvalue weighted by Gasteiger charge is -2.12. The number of amides is 2. The second kappa shape index (κ2) is 8.19. The number of hydrogen-bond donors (Lipinski definition) is 2. The highest BCUT2D eigenvalue weighted by Gasteiger charge is 2.16. The molecule has 0 saturated carbocycles. The fraction of sp³-hybridized carbons (Fsp3) is 0.438. The number of tetrazole rings is 1. The van der Waals surface area contributed by atoms with Gasteiger partial charge in [-0.1, -0.05) is 31.2 Å². The van der Waals surface area contributed by atoms with Crippen molar-refractivity contribution in [3.63, 3.8) is 0 Å². The molecule has 2 aromatic rings. The first-order valence-electron chi connectivity index (χ1n) is 7.97. The van der Waals surface area contributed by atoms with Gasteiger partial charge in [0.1, 0.15) is 12.6 Å². The van der Waals surface area contributed by atoms with Gasteiger partial charge >= 0.3 is 0 Å². The zero-order chi connectivity index (χ0) is 17.5. The van der Waals surface area contributed by atoms with E-state index in [2.05, 4.69) is 33.0 Å². The van der Waals surface area contributed by atoms with Crippen molar-refractivity contribution < 1.29 is 9.59 Å². The van der Waals surface area contributed by atoms with Gasteiger partial charge in [-0.05, 0) is 31.0 Å². The van der Waals surface area contributed by atoms with Gasteiger partial charge < -0.3 is 10.6 Å². The van der Waals surface area contributed by atoms with Gasteiger partial charge in [-0.3, -0.25) is 9.59 Å². The number of rotatable bonds is 7. The van der Waals surface area contributed by atoms with Crippen LogP contribution in [-0.4, -0.2) is 44.6 Å². The summed E-state index contributed by atoms with van der Waals surface area (Å²) in [5, 5.41) is 17.3. The van der Waals surface area contributed by atoms with Crippen LogP contribution in [0.15, 0.2) is 24.3 Å². The van der Waals surface area contributed by atoms with Crippen LogP contribution in [0.1, 0.15) is 26.3 Å². The molecule has 8 nitrogen and oxygen atoms in total. The molecule has 0 spiro atoms. The Kier molecular flexibility index (Phi) is 6.00. The van der Waals surface area contributed by atoms with E-state index in [1.165, 1.54) is 10.4 Å². The summed E-state index contributed by atoms with van der Waals surface area (Å²) in [5.74, 6) is -0.115. The second-order valence-corrected chi connectivity index (χ2v) is 5.38. The fourth-order valence-corrected chi connectivity index (χ4v) is 2.12. The molecule has 0 aliphatic heterocycles. The summed E-state index contributed by atoms with van der Waals surface area (Å²) in [6.07, 6.45) is 0.963. The minimum absolute atomic E-state index is 0.0935. The molecule has 1 atom stereocenters. The van der Waals surface area contributed by atoms with Crippen LogP contribution in [0.5, 0.6) is 0 Å². The second-order valence-electron chi connectivity index (χ2n) is 5.38. The van der Waals surface area contributed by atoms with E-state index in [1.807, 2.05) is 31.2 Å². The van der Waals surface area contributed by atoms with Crippen molar-refractivity contribution in [2.75, 3.05) is 6.54 Å². The Balaban J connectivity index is 1.95. The summed E-state index contributed by atoms with van der Waals surface area (Å²) in [6, 6.07) is 7.27. The topological polar surface area (TPSA) is 102 Å². The van der Waals surface area contributed by atoms with Crippen molar-refractivity contribution in [3.8, 4) is 11.4 Å². The minimum Gasteiger partial charge on any atom is -0.355 e. The van der Waals surface area contributed by atoms with Crippen LogP contribution >= 0.6 is 0 Å². The van der Waals surface area contributed by atoms with Gasteiger partial charge in [0.2, 0.25) is 17.6 Å². The van der Waals surface area contributed by atoms with Crippen molar-refractivity contribution in [2.24, 2.45) is 0 Å². The molecular weight excluding hydrogens is 308 g/mol. The summed E-state index contributed by atoms with van der Waals surface area (Å²) in [4.78, 5) is 24.7. The molecule has 0 saturated heterocycles. The molecule has 128 valence electrons. The molecule has 1 aromatic carbocycles. The molecule has 1 heterocycles. The molecule has 0 bridgehead atoms. The van der Waals surface area contributed by atoms with Crippen LogP contribution in [0.25, 0.3) is 11.4 Å². The predicted octanol–water partition coefficient (Wildman–Crippen LogP) is 0.543. The molecule has 2 rings (SSSR count). The summed E-state index contributed by atoms with van der Waals surface area (Å²) in [6.45, 7) is 5.95. The number of nitrogens with one attached hydrogen (secondary N) is 2. The Hall–Kier alpha value is -2.77. The average Bonchev–Trinajstić information content (AvgIpc) is 3.03. The molecule has 0 radical (unpaired) electrons. The number of aryl methyl sites for hydroxylation is 1. The minimum atomic E-state index is -0.609. The normalized spacial score (nSPS) is 11.8. The molecule has 0 aliphatic carbocycles. The van der Waals surface area contributed by atoms with Crippen LogP contribution < -0.4 is 10.6 Å². The molecule has 0 aliphatic rings. The average molecular weight is 330 g/mol. The lowest BCUT2D eigenvalue weighted by atomic mass is 10.1. The first-order chi connectivity index (χ1) is 11.5. The number of carbonyl (C=O) groups excluding carboxylic acids is 2. The maximum atomic E-state index is 11.9. The summed E-state index contributed by atoms with van der Waals surface area (Å²) < 4.78 is 0. The van der Waals surface area contributed by atoms with Gasteiger partial charge in [0.05, 0.1) is 0 Å². The number of likely N-dealkylation sites (N-methyl/N-ethyl adjacent to an activating group) is 1. The number of carbonyl (C=O) groups is 2. The fourth-order valence-electron chi connectivity index (χ4n) is 2.12. The van der Waals surface area contributed by atoms with Gasteiger partial charge in [0.15, 0.2) is 0 Å². The third kappa shape index (κ3) is 4.61. The highest BCUT2D eigenvalue weighted by atomic mass is 16.2. The van der Waals surface area contributed by atoms with E-state index < -0.39 is 6.04 Å². The Morgan fingerprint density at radius 1 is 1.21 bits per heavy atom. The van der Waals surface area contributed by atoms with Crippen molar-refractivity contribution in [1.29, 1.82) is 0 Å². The Morgan fingerprint density at radius 3 is 2.54 bits per heavy atom. The zero-order valence-electron chi connectivity index (χ0n) is 14.1. The first kappa shape index (κ1) is 17.6. The Bertz CT molecular complexity index is 695. The molecule has 2 amide bonds. The summed E-state index contributed by atoms with van der Waals surface area (Å²) in [7, 11) is 0. The standard InChI is InChI=1S/C16H22N6O2/c1-4-12-6-8-13(9-7-12)15-19-21-22(20-15)10-14(23)18-11(3)16(24)17-5-2/h6-9,11H,4-5,10H2,1-3H3,(H,17,24)(H,18,23)/t11-/m0/s1. The Morgan fingerprint density at radius 2 is 1.92 bits per heavy atom.